The maximum absolute atomic E-state index is 11.9. The van der Waals surface area contributed by atoms with Crippen molar-refractivity contribution in [3.8, 4) is 11.5 Å². The maximum atomic E-state index is 11.9. The summed E-state index contributed by atoms with van der Waals surface area (Å²) in [6, 6.07) is 5.03. The molecule has 7 nitrogen and oxygen atoms in total. The lowest BCUT2D eigenvalue weighted by molar-refractivity contribution is -0.157. The fraction of sp³-hybridized carbons (Fsp3) is 0.429. The highest BCUT2D eigenvalue weighted by atomic mass is 16.7. The van der Waals surface area contributed by atoms with Gasteiger partial charge in [-0.2, -0.15) is 0 Å². The minimum Gasteiger partial charge on any atom is -0.454 e. The molecule has 1 aromatic carbocycles. The quantitative estimate of drug-likeness (QED) is 0.797. The van der Waals surface area contributed by atoms with Crippen LogP contribution in [0.25, 0.3) is 0 Å². The molecule has 0 bridgehead atoms. The third-order valence-electron chi connectivity index (χ3n) is 2.74. The van der Waals surface area contributed by atoms with Gasteiger partial charge in [0.2, 0.25) is 6.79 Å². The largest absolute Gasteiger partial charge is 0.454 e. The van der Waals surface area contributed by atoms with Gasteiger partial charge in [-0.05, 0) is 26.0 Å². The van der Waals surface area contributed by atoms with E-state index >= 15 is 0 Å². The van der Waals surface area contributed by atoms with Crippen LogP contribution in [0, 0.1) is 0 Å². The first-order valence-electron chi connectivity index (χ1n) is 6.58. The van der Waals surface area contributed by atoms with Crippen LogP contribution in [-0.2, 0) is 19.1 Å². The molecule has 1 amide bonds. The number of hydrogen-bond donors (Lipinski definition) is 1. The number of carbonyl (C=O) groups is 2. The molecule has 0 saturated carbocycles. The van der Waals surface area contributed by atoms with Crippen molar-refractivity contribution in [1.29, 1.82) is 0 Å². The summed E-state index contributed by atoms with van der Waals surface area (Å²) in [4.78, 5) is 23.3. The molecule has 0 spiro atoms. The lowest BCUT2D eigenvalue weighted by atomic mass is 10.2. The molecule has 1 atom stereocenters. The van der Waals surface area contributed by atoms with Crippen molar-refractivity contribution < 1.29 is 28.5 Å². The molecule has 0 saturated heterocycles. The Morgan fingerprint density at radius 3 is 2.86 bits per heavy atom. The molecule has 2 rings (SSSR count). The van der Waals surface area contributed by atoms with Crippen LogP contribution in [0.15, 0.2) is 18.2 Å². The number of carbonyl (C=O) groups excluding carboxylic acids is 2. The predicted octanol–water partition coefficient (Wildman–Crippen LogP) is 1.32. The zero-order valence-corrected chi connectivity index (χ0v) is 11.9. The smallest absolute Gasteiger partial charge is 0.332 e. The first-order chi connectivity index (χ1) is 10.1. The van der Waals surface area contributed by atoms with Crippen LogP contribution < -0.4 is 14.8 Å². The Balaban J connectivity index is 1.87. The molecule has 0 unspecified atom stereocenters. The predicted molar refractivity (Wildman–Crippen MR) is 73.2 cm³/mol. The Bertz CT molecular complexity index is 530. The van der Waals surface area contributed by atoms with Gasteiger partial charge in [0.25, 0.3) is 5.91 Å². The second-order valence-electron chi connectivity index (χ2n) is 4.33. The van der Waals surface area contributed by atoms with Gasteiger partial charge in [-0.15, -0.1) is 0 Å². The van der Waals surface area contributed by atoms with Crippen molar-refractivity contribution in [2.45, 2.75) is 20.0 Å². The molecule has 1 aromatic rings. The molecular formula is C14H17NO6. The number of benzene rings is 1. The van der Waals surface area contributed by atoms with E-state index in [1.54, 1.807) is 25.1 Å². The fourth-order valence-corrected chi connectivity index (χ4v) is 1.69. The number of rotatable bonds is 6. The molecule has 1 aliphatic heterocycles. The summed E-state index contributed by atoms with van der Waals surface area (Å²) < 4.78 is 20.2. The van der Waals surface area contributed by atoms with Crippen LogP contribution in [0.4, 0.5) is 5.69 Å². The number of hydrogen-bond acceptors (Lipinski definition) is 6. The van der Waals surface area contributed by atoms with Crippen molar-refractivity contribution in [2.24, 2.45) is 0 Å². The van der Waals surface area contributed by atoms with Gasteiger partial charge in [-0.1, -0.05) is 0 Å². The lowest BCUT2D eigenvalue weighted by Crippen LogP contribution is -2.31. The first-order valence-corrected chi connectivity index (χ1v) is 6.58. The van der Waals surface area contributed by atoms with Gasteiger partial charge in [0.05, 0.1) is 0 Å². The van der Waals surface area contributed by atoms with Gasteiger partial charge in [-0.25, -0.2) is 4.79 Å². The van der Waals surface area contributed by atoms with E-state index in [-0.39, 0.29) is 13.4 Å². The van der Waals surface area contributed by atoms with Crippen LogP contribution in [0.5, 0.6) is 11.5 Å². The topological polar surface area (TPSA) is 83.1 Å². The number of ether oxygens (including phenoxy) is 4. The Morgan fingerprint density at radius 2 is 2.10 bits per heavy atom. The number of anilines is 1. The number of esters is 1. The lowest BCUT2D eigenvalue weighted by Gasteiger charge is -2.13. The van der Waals surface area contributed by atoms with Crippen LogP contribution in [0.1, 0.15) is 13.8 Å². The van der Waals surface area contributed by atoms with E-state index < -0.39 is 18.0 Å². The Morgan fingerprint density at radius 1 is 1.33 bits per heavy atom. The standard InChI is InChI=1S/C14H17NO6/c1-3-18-7-13(16)21-9(2)14(17)15-10-4-5-11-12(6-10)20-8-19-11/h4-6,9H,3,7-8H2,1-2H3,(H,15,17)/t9-/m0/s1. The molecule has 1 heterocycles. The zero-order valence-electron chi connectivity index (χ0n) is 11.9. The molecule has 1 N–H and O–H groups in total. The normalized spacial score (nSPS) is 13.6. The van der Waals surface area contributed by atoms with Gasteiger partial charge in [-0.3, -0.25) is 4.79 Å². The Labute approximate surface area is 122 Å². The minimum atomic E-state index is -0.914. The second-order valence-corrected chi connectivity index (χ2v) is 4.33. The second kappa shape index (κ2) is 6.94. The van der Waals surface area contributed by atoms with Crippen molar-refractivity contribution in [1.82, 2.24) is 0 Å². The summed E-state index contributed by atoms with van der Waals surface area (Å²) >= 11 is 0. The molecule has 0 aliphatic carbocycles. The zero-order chi connectivity index (χ0) is 15.2. The van der Waals surface area contributed by atoms with Gasteiger partial charge in [0, 0.05) is 18.4 Å². The molecule has 7 heteroatoms. The van der Waals surface area contributed by atoms with Crippen LogP contribution in [0.3, 0.4) is 0 Å². The van der Waals surface area contributed by atoms with E-state index in [0.29, 0.717) is 23.8 Å². The average molecular weight is 295 g/mol. The monoisotopic (exact) mass is 295 g/mol. The van der Waals surface area contributed by atoms with Crippen LogP contribution in [0.2, 0.25) is 0 Å². The highest BCUT2D eigenvalue weighted by molar-refractivity contribution is 5.95. The van der Waals surface area contributed by atoms with E-state index in [2.05, 4.69) is 5.32 Å². The molecule has 0 aromatic heterocycles. The third kappa shape index (κ3) is 4.09. The van der Waals surface area contributed by atoms with E-state index in [4.69, 9.17) is 18.9 Å². The summed E-state index contributed by atoms with van der Waals surface area (Å²) in [6.07, 6.45) is -0.914. The number of amides is 1. The average Bonchev–Trinajstić information content (AvgIpc) is 2.92. The third-order valence-corrected chi connectivity index (χ3v) is 2.74. The summed E-state index contributed by atoms with van der Waals surface area (Å²) in [7, 11) is 0. The van der Waals surface area contributed by atoms with Gasteiger partial charge < -0.3 is 24.3 Å². The molecular weight excluding hydrogens is 278 g/mol. The SMILES string of the molecule is CCOCC(=O)O[C@@H](C)C(=O)Nc1ccc2c(c1)OCO2. The van der Waals surface area contributed by atoms with Crippen molar-refractivity contribution in [2.75, 3.05) is 25.3 Å². The van der Waals surface area contributed by atoms with E-state index in [1.165, 1.54) is 6.92 Å². The molecule has 0 radical (unpaired) electrons. The first kappa shape index (κ1) is 15.1. The molecule has 21 heavy (non-hydrogen) atoms. The molecule has 114 valence electrons. The van der Waals surface area contributed by atoms with Crippen molar-refractivity contribution in [3.05, 3.63) is 18.2 Å². The van der Waals surface area contributed by atoms with E-state index in [9.17, 15) is 9.59 Å². The highest BCUT2D eigenvalue weighted by Gasteiger charge is 2.19. The van der Waals surface area contributed by atoms with Gasteiger partial charge >= 0.3 is 5.97 Å². The summed E-state index contributed by atoms with van der Waals surface area (Å²) in [5.41, 5.74) is 0.539. The van der Waals surface area contributed by atoms with Crippen LogP contribution >= 0.6 is 0 Å². The highest BCUT2D eigenvalue weighted by Crippen LogP contribution is 2.34. The summed E-state index contributed by atoms with van der Waals surface area (Å²) in [5, 5.41) is 2.64. The molecule has 1 aliphatic rings. The fourth-order valence-electron chi connectivity index (χ4n) is 1.69. The summed E-state index contributed by atoms with van der Waals surface area (Å²) in [6.45, 7) is 3.67. The minimum absolute atomic E-state index is 0.165. The van der Waals surface area contributed by atoms with Crippen LogP contribution in [-0.4, -0.2) is 38.0 Å². The molecule has 0 fully saturated rings. The summed E-state index contributed by atoms with van der Waals surface area (Å²) in [5.74, 6) is 0.182. The van der Waals surface area contributed by atoms with Crippen molar-refractivity contribution in [3.63, 3.8) is 0 Å². The van der Waals surface area contributed by atoms with E-state index in [0.717, 1.165) is 0 Å². The Kier molecular flexibility index (Phi) is 4.99. The van der Waals surface area contributed by atoms with Gasteiger partial charge in [0.1, 0.15) is 6.61 Å². The Hall–Kier alpha value is -2.28. The van der Waals surface area contributed by atoms with Crippen molar-refractivity contribution >= 4 is 17.6 Å². The van der Waals surface area contributed by atoms with E-state index in [1.807, 2.05) is 0 Å². The number of nitrogens with one attached hydrogen (secondary N) is 1. The maximum Gasteiger partial charge on any atom is 0.332 e. The van der Waals surface area contributed by atoms with Gasteiger partial charge in [0.15, 0.2) is 17.6 Å². The number of fused-ring (bicyclic) bond motifs is 1.